The zero-order valence-corrected chi connectivity index (χ0v) is 12.0. The van der Waals surface area contributed by atoms with Crippen LogP contribution in [0.25, 0.3) is 0 Å². The van der Waals surface area contributed by atoms with Crippen LogP contribution in [0, 0.1) is 6.92 Å². The Morgan fingerprint density at radius 2 is 2.22 bits per heavy atom. The number of aryl methyl sites for hydroxylation is 2. The zero-order valence-electron chi connectivity index (χ0n) is 11.1. The van der Waals surface area contributed by atoms with Gasteiger partial charge in [0.15, 0.2) is 0 Å². The standard InChI is InChI=1S/C12H20N4OS/c1-4-6-15(8-11(13)18)12(17)10-7-9(3)14-16(10)5-2/h7H,4-6,8H2,1-3H3,(H2,13,18). The quantitative estimate of drug-likeness (QED) is 0.791. The van der Waals surface area contributed by atoms with Crippen molar-refractivity contribution in [1.29, 1.82) is 0 Å². The van der Waals surface area contributed by atoms with E-state index in [-0.39, 0.29) is 5.91 Å². The topological polar surface area (TPSA) is 64.2 Å². The van der Waals surface area contributed by atoms with Crippen LogP contribution in [0.15, 0.2) is 6.07 Å². The van der Waals surface area contributed by atoms with Gasteiger partial charge in [0.2, 0.25) is 0 Å². The fourth-order valence-electron chi connectivity index (χ4n) is 1.83. The number of hydrogen-bond donors (Lipinski definition) is 1. The van der Waals surface area contributed by atoms with E-state index in [1.54, 1.807) is 15.6 Å². The number of aromatic nitrogens is 2. The summed E-state index contributed by atoms with van der Waals surface area (Å²) in [6.07, 6.45) is 0.869. The largest absolute Gasteiger partial charge is 0.392 e. The molecule has 0 saturated carbocycles. The Bertz CT molecular complexity index is 441. The van der Waals surface area contributed by atoms with Crippen molar-refractivity contribution in [3.05, 3.63) is 17.5 Å². The van der Waals surface area contributed by atoms with Crippen molar-refractivity contribution in [2.45, 2.75) is 33.7 Å². The molecule has 0 aliphatic carbocycles. The lowest BCUT2D eigenvalue weighted by molar-refractivity contribution is 0.0767. The molecule has 1 aromatic heterocycles. The van der Waals surface area contributed by atoms with Crippen LogP contribution >= 0.6 is 12.2 Å². The maximum Gasteiger partial charge on any atom is 0.272 e. The molecule has 0 atom stereocenters. The minimum absolute atomic E-state index is 0.0629. The summed E-state index contributed by atoms with van der Waals surface area (Å²) >= 11 is 4.88. The Morgan fingerprint density at radius 3 is 2.72 bits per heavy atom. The van der Waals surface area contributed by atoms with Gasteiger partial charge in [-0.3, -0.25) is 9.48 Å². The summed E-state index contributed by atoms with van der Waals surface area (Å²) in [6, 6.07) is 1.80. The normalized spacial score (nSPS) is 10.4. The summed E-state index contributed by atoms with van der Waals surface area (Å²) in [5, 5.41) is 4.28. The van der Waals surface area contributed by atoms with Crippen molar-refractivity contribution in [3.8, 4) is 0 Å². The third kappa shape index (κ3) is 3.53. The fourth-order valence-corrected chi connectivity index (χ4v) is 1.99. The second-order valence-electron chi connectivity index (χ2n) is 4.18. The van der Waals surface area contributed by atoms with Gasteiger partial charge in [-0.05, 0) is 26.3 Å². The van der Waals surface area contributed by atoms with Crippen molar-refractivity contribution < 1.29 is 4.79 Å². The van der Waals surface area contributed by atoms with Crippen molar-refractivity contribution in [3.63, 3.8) is 0 Å². The van der Waals surface area contributed by atoms with E-state index in [1.807, 2.05) is 20.8 Å². The average molecular weight is 268 g/mol. The summed E-state index contributed by atoms with van der Waals surface area (Å²) < 4.78 is 1.71. The van der Waals surface area contributed by atoms with Crippen LogP contribution in [0.1, 0.15) is 36.5 Å². The average Bonchev–Trinajstić information content (AvgIpc) is 2.68. The van der Waals surface area contributed by atoms with Crippen LogP contribution < -0.4 is 5.73 Å². The van der Waals surface area contributed by atoms with Crippen LogP contribution in [0.2, 0.25) is 0 Å². The molecule has 1 aromatic rings. The van der Waals surface area contributed by atoms with Gasteiger partial charge in [0.1, 0.15) is 5.69 Å². The molecule has 100 valence electrons. The van der Waals surface area contributed by atoms with Crippen LogP contribution in [0.5, 0.6) is 0 Å². The molecular weight excluding hydrogens is 248 g/mol. The molecule has 0 radical (unpaired) electrons. The molecule has 0 fully saturated rings. The molecule has 1 rings (SSSR count). The molecule has 0 aliphatic heterocycles. The first-order valence-electron chi connectivity index (χ1n) is 6.11. The van der Waals surface area contributed by atoms with E-state index in [4.69, 9.17) is 18.0 Å². The van der Waals surface area contributed by atoms with E-state index in [2.05, 4.69) is 5.10 Å². The van der Waals surface area contributed by atoms with Gasteiger partial charge in [0.25, 0.3) is 5.91 Å². The fraction of sp³-hybridized carbons (Fsp3) is 0.583. The summed E-state index contributed by atoms with van der Waals surface area (Å²) in [6.45, 7) is 7.48. The van der Waals surface area contributed by atoms with Gasteiger partial charge in [-0.1, -0.05) is 19.1 Å². The Labute approximate surface area is 113 Å². The van der Waals surface area contributed by atoms with E-state index in [9.17, 15) is 4.79 Å². The lowest BCUT2D eigenvalue weighted by atomic mass is 10.3. The smallest absolute Gasteiger partial charge is 0.272 e. The Balaban J connectivity index is 2.96. The molecule has 0 unspecified atom stereocenters. The number of thiocarbonyl (C=S) groups is 1. The molecule has 0 saturated heterocycles. The summed E-state index contributed by atoms with van der Waals surface area (Å²) in [7, 11) is 0. The number of rotatable bonds is 6. The van der Waals surface area contributed by atoms with Crippen LogP contribution in [0.4, 0.5) is 0 Å². The molecule has 1 amide bonds. The highest BCUT2D eigenvalue weighted by molar-refractivity contribution is 7.80. The molecule has 1 heterocycles. The van der Waals surface area contributed by atoms with Crippen molar-refractivity contribution >= 4 is 23.1 Å². The molecule has 0 aliphatic rings. The lowest BCUT2D eigenvalue weighted by Gasteiger charge is -2.21. The molecule has 0 spiro atoms. The van der Waals surface area contributed by atoms with Crippen molar-refractivity contribution in [1.82, 2.24) is 14.7 Å². The highest BCUT2D eigenvalue weighted by Gasteiger charge is 2.20. The van der Waals surface area contributed by atoms with Crippen molar-refractivity contribution in [2.24, 2.45) is 5.73 Å². The minimum Gasteiger partial charge on any atom is -0.392 e. The van der Waals surface area contributed by atoms with Crippen LogP contribution in [-0.4, -0.2) is 38.7 Å². The van der Waals surface area contributed by atoms with E-state index in [0.29, 0.717) is 30.3 Å². The Kier molecular flexibility index (Phi) is 5.27. The van der Waals surface area contributed by atoms with Gasteiger partial charge in [-0.15, -0.1) is 0 Å². The van der Waals surface area contributed by atoms with Gasteiger partial charge in [0.05, 0.1) is 17.2 Å². The first kappa shape index (κ1) is 14.6. The summed E-state index contributed by atoms with van der Waals surface area (Å²) in [5.41, 5.74) is 6.97. The monoisotopic (exact) mass is 268 g/mol. The number of carbonyl (C=O) groups excluding carboxylic acids is 1. The van der Waals surface area contributed by atoms with Gasteiger partial charge in [0, 0.05) is 13.1 Å². The lowest BCUT2D eigenvalue weighted by Crippen LogP contribution is -2.39. The maximum absolute atomic E-state index is 12.4. The SMILES string of the molecule is CCCN(CC(N)=S)C(=O)c1cc(C)nn1CC. The van der Waals surface area contributed by atoms with E-state index in [1.165, 1.54) is 0 Å². The van der Waals surface area contributed by atoms with E-state index >= 15 is 0 Å². The predicted octanol–water partition coefficient (Wildman–Crippen LogP) is 1.35. The molecule has 18 heavy (non-hydrogen) atoms. The molecule has 0 aromatic carbocycles. The Hall–Kier alpha value is -1.43. The molecule has 5 nitrogen and oxygen atoms in total. The Morgan fingerprint density at radius 1 is 1.56 bits per heavy atom. The highest BCUT2D eigenvalue weighted by Crippen LogP contribution is 2.08. The van der Waals surface area contributed by atoms with E-state index in [0.717, 1.165) is 12.1 Å². The number of carbonyl (C=O) groups is 1. The second kappa shape index (κ2) is 6.49. The third-order valence-corrected chi connectivity index (χ3v) is 2.68. The van der Waals surface area contributed by atoms with Crippen molar-refractivity contribution in [2.75, 3.05) is 13.1 Å². The van der Waals surface area contributed by atoms with Gasteiger partial charge < -0.3 is 10.6 Å². The number of nitrogens with two attached hydrogens (primary N) is 1. The number of hydrogen-bond acceptors (Lipinski definition) is 3. The molecule has 2 N–H and O–H groups in total. The zero-order chi connectivity index (χ0) is 13.7. The number of nitrogens with zero attached hydrogens (tertiary/aromatic N) is 3. The third-order valence-electron chi connectivity index (χ3n) is 2.55. The summed E-state index contributed by atoms with van der Waals surface area (Å²) in [4.78, 5) is 14.4. The van der Waals surface area contributed by atoms with Crippen LogP contribution in [0.3, 0.4) is 0 Å². The highest BCUT2D eigenvalue weighted by atomic mass is 32.1. The van der Waals surface area contributed by atoms with Gasteiger partial charge in [-0.2, -0.15) is 5.10 Å². The number of amides is 1. The van der Waals surface area contributed by atoms with E-state index < -0.39 is 0 Å². The second-order valence-corrected chi connectivity index (χ2v) is 4.70. The maximum atomic E-state index is 12.4. The molecule has 0 bridgehead atoms. The van der Waals surface area contributed by atoms with Gasteiger partial charge in [-0.25, -0.2) is 0 Å². The summed E-state index contributed by atoms with van der Waals surface area (Å²) in [5.74, 6) is -0.0629. The predicted molar refractivity (Wildman–Crippen MR) is 75.6 cm³/mol. The molecular formula is C12H20N4OS. The van der Waals surface area contributed by atoms with Crippen LogP contribution in [-0.2, 0) is 6.54 Å². The first-order chi connectivity index (χ1) is 8.49. The molecule has 6 heteroatoms. The first-order valence-corrected chi connectivity index (χ1v) is 6.52. The van der Waals surface area contributed by atoms with Gasteiger partial charge >= 0.3 is 0 Å². The minimum atomic E-state index is -0.0629.